The van der Waals surface area contributed by atoms with Crippen LogP contribution in [0, 0.1) is 0 Å². The van der Waals surface area contributed by atoms with E-state index in [1.165, 1.54) is 13.8 Å². The van der Waals surface area contributed by atoms with Gasteiger partial charge in [0.1, 0.15) is 5.00 Å². The highest BCUT2D eigenvalue weighted by molar-refractivity contribution is 7.16. The third-order valence-corrected chi connectivity index (χ3v) is 5.73. The van der Waals surface area contributed by atoms with Gasteiger partial charge in [-0.3, -0.25) is 4.79 Å². The number of nitrogens with zero attached hydrogens (tertiary/aromatic N) is 1. The van der Waals surface area contributed by atoms with Crippen molar-refractivity contribution in [3.05, 3.63) is 16.0 Å². The van der Waals surface area contributed by atoms with Crippen LogP contribution in [-0.2, 0) is 32.0 Å². The van der Waals surface area contributed by atoms with E-state index in [2.05, 4.69) is 10.1 Å². The minimum Gasteiger partial charge on any atom is -0.465 e. The molecule has 1 aromatic heterocycles. The number of ether oxygens (including phenoxy) is 2. The Labute approximate surface area is 175 Å². The molecular weight excluding hydrogens is 427 g/mol. The lowest BCUT2D eigenvalue weighted by Gasteiger charge is -2.35. The third-order valence-electron chi connectivity index (χ3n) is 4.59. The first kappa shape index (κ1) is 23.9. The largest absolute Gasteiger partial charge is 0.465 e. The lowest BCUT2D eigenvalue weighted by molar-refractivity contribution is -0.207. The van der Waals surface area contributed by atoms with Crippen molar-refractivity contribution >= 4 is 34.2 Å². The number of carbonyl (C=O) groups is 3. The SMILES string of the molecule is CCOC(=O)[C@@](NC(=O)CC)(Nc1sc2c(c1C(=O)OC)CCN(C)C2)C(F)(F)F. The monoisotopic (exact) mass is 451 g/mol. The number of hydrogen-bond donors (Lipinski definition) is 2. The second-order valence-corrected chi connectivity index (χ2v) is 7.79. The Bertz CT molecular complexity index is 827. The molecule has 30 heavy (non-hydrogen) atoms. The first-order chi connectivity index (χ1) is 14.0. The number of methoxy groups -OCH3 is 1. The van der Waals surface area contributed by atoms with E-state index < -0.39 is 29.7 Å². The van der Waals surface area contributed by atoms with Crippen LogP contribution in [-0.4, -0.2) is 61.9 Å². The first-order valence-corrected chi connectivity index (χ1v) is 10.1. The molecule has 2 heterocycles. The molecule has 1 amide bonds. The molecule has 0 saturated carbocycles. The zero-order chi connectivity index (χ0) is 22.7. The molecule has 1 atom stereocenters. The maximum absolute atomic E-state index is 14.2. The number of halogens is 3. The predicted molar refractivity (Wildman–Crippen MR) is 103 cm³/mol. The topological polar surface area (TPSA) is 97.0 Å². The molecule has 0 aromatic carbocycles. The maximum Gasteiger partial charge on any atom is 0.441 e. The fourth-order valence-electron chi connectivity index (χ4n) is 3.04. The Morgan fingerprint density at radius 1 is 1.23 bits per heavy atom. The average molecular weight is 451 g/mol. The molecule has 0 radical (unpaired) electrons. The van der Waals surface area contributed by atoms with Crippen LogP contribution < -0.4 is 10.6 Å². The number of rotatable bonds is 7. The highest BCUT2D eigenvalue weighted by atomic mass is 32.1. The zero-order valence-corrected chi connectivity index (χ0v) is 17.9. The molecule has 12 heteroatoms. The molecule has 1 aliphatic heterocycles. The Balaban J connectivity index is 2.65. The van der Waals surface area contributed by atoms with Crippen LogP contribution in [0.3, 0.4) is 0 Å². The normalized spacial score (nSPS) is 16.2. The Hall–Kier alpha value is -2.34. The standard InChI is InChI=1S/C18H24F3N3O5S/c1-5-12(25)22-17(18(19,20)21,16(27)29-6-2)23-14-13(15(26)28-4)10-7-8-24(3)9-11(10)30-14/h23H,5-9H2,1-4H3,(H,22,25)/t17-/m1/s1. The molecule has 0 spiro atoms. The molecule has 1 aliphatic rings. The lowest BCUT2D eigenvalue weighted by Crippen LogP contribution is -2.69. The van der Waals surface area contributed by atoms with E-state index in [4.69, 9.17) is 4.74 Å². The van der Waals surface area contributed by atoms with Gasteiger partial charge in [0, 0.05) is 24.4 Å². The van der Waals surface area contributed by atoms with Crippen LogP contribution in [0.4, 0.5) is 18.2 Å². The molecule has 2 rings (SSSR count). The van der Waals surface area contributed by atoms with E-state index in [0.29, 0.717) is 30.0 Å². The van der Waals surface area contributed by atoms with Gasteiger partial charge in [-0.1, -0.05) is 6.92 Å². The van der Waals surface area contributed by atoms with E-state index in [1.807, 2.05) is 11.9 Å². The smallest absolute Gasteiger partial charge is 0.441 e. The Morgan fingerprint density at radius 3 is 2.43 bits per heavy atom. The molecule has 2 N–H and O–H groups in total. The molecule has 0 fully saturated rings. The van der Waals surface area contributed by atoms with Crippen molar-refractivity contribution in [2.24, 2.45) is 0 Å². The fraction of sp³-hybridized carbons (Fsp3) is 0.611. The van der Waals surface area contributed by atoms with Gasteiger partial charge < -0.3 is 25.0 Å². The van der Waals surface area contributed by atoms with E-state index in [9.17, 15) is 27.6 Å². The third kappa shape index (κ3) is 4.53. The van der Waals surface area contributed by atoms with E-state index in [0.717, 1.165) is 18.4 Å². The summed E-state index contributed by atoms with van der Waals surface area (Å²) >= 11 is 0.910. The number of fused-ring (bicyclic) bond motifs is 1. The van der Waals surface area contributed by atoms with Gasteiger partial charge >= 0.3 is 23.8 Å². The second-order valence-electron chi connectivity index (χ2n) is 6.68. The molecule has 1 aromatic rings. The summed E-state index contributed by atoms with van der Waals surface area (Å²) in [5.41, 5.74) is -3.07. The summed E-state index contributed by atoms with van der Waals surface area (Å²) in [6, 6.07) is 0. The van der Waals surface area contributed by atoms with Crippen molar-refractivity contribution in [2.75, 3.05) is 32.6 Å². The van der Waals surface area contributed by atoms with Crippen molar-refractivity contribution in [3.63, 3.8) is 0 Å². The van der Waals surface area contributed by atoms with Gasteiger partial charge in [-0.05, 0) is 26.0 Å². The van der Waals surface area contributed by atoms with Gasteiger partial charge in [-0.15, -0.1) is 11.3 Å². The lowest BCUT2D eigenvalue weighted by atomic mass is 10.0. The Kier molecular flexibility index (Phi) is 7.35. The van der Waals surface area contributed by atoms with Crippen molar-refractivity contribution in [3.8, 4) is 0 Å². The molecular formula is C18H24F3N3O5S. The summed E-state index contributed by atoms with van der Waals surface area (Å²) in [5.74, 6) is -3.58. The number of hydrogen-bond acceptors (Lipinski definition) is 8. The highest BCUT2D eigenvalue weighted by Crippen LogP contribution is 2.41. The summed E-state index contributed by atoms with van der Waals surface area (Å²) in [4.78, 5) is 39.4. The minimum absolute atomic E-state index is 0.0747. The van der Waals surface area contributed by atoms with Crippen LogP contribution in [0.25, 0.3) is 0 Å². The molecule has 8 nitrogen and oxygen atoms in total. The minimum atomic E-state index is -5.27. The Morgan fingerprint density at radius 2 is 1.90 bits per heavy atom. The van der Waals surface area contributed by atoms with Gasteiger partial charge in [-0.2, -0.15) is 13.2 Å². The van der Waals surface area contributed by atoms with Crippen molar-refractivity contribution in [1.29, 1.82) is 0 Å². The zero-order valence-electron chi connectivity index (χ0n) is 17.1. The van der Waals surface area contributed by atoms with Gasteiger partial charge in [0.05, 0.1) is 19.3 Å². The van der Waals surface area contributed by atoms with E-state index in [-0.39, 0.29) is 23.6 Å². The number of likely N-dealkylation sites (N-methyl/N-ethyl adjacent to an activating group) is 1. The number of nitrogens with one attached hydrogen (secondary N) is 2. The number of esters is 2. The molecule has 0 bridgehead atoms. The van der Waals surface area contributed by atoms with E-state index >= 15 is 0 Å². The molecule has 0 unspecified atom stereocenters. The summed E-state index contributed by atoms with van der Waals surface area (Å²) < 4.78 is 52.0. The summed E-state index contributed by atoms with van der Waals surface area (Å²) in [6.07, 6.45) is -5.14. The number of thiophene rings is 1. The van der Waals surface area contributed by atoms with Gasteiger partial charge in [0.15, 0.2) is 0 Å². The summed E-state index contributed by atoms with van der Waals surface area (Å²) in [5, 5.41) is 3.61. The van der Waals surface area contributed by atoms with E-state index in [1.54, 1.807) is 5.32 Å². The van der Waals surface area contributed by atoms with Crippen LogP contribution in [0.15, 0.2) is 0 Å². The van der Waals surface area contributed by atoms with Crippen LogP contribution in [0.5, 0.6) is 0 Å². The van der Waals surface area contributed by atoms with Gasteiger partial charge in [-0.25, -0.2) is 9.59 Å². The summed E-state index contributed by atoms with van der Waals surface area (Å²) in [7, 11) is 2.96. The average Bonchev–Trinajstić information content (AvgIpc) is 3.02. The number of amides is 1. The van der Waals surface area contributed by atoms with Crippen LogP contribution in [0.1, 0.15) is 41.1 Å². The van der Waals surface area contributed by atoms with Crippen molar-refractivity contribution in [2.45, 2.75) is 45.1 Å². The van der Waals surface area contributed by atoms with Crippen LogP contribution >= 0.6 is 11.3 Å². The number of carbonyl (C=O) groups excluding carboxylic acids is 3. The fourth-order valence-corrected chi connectivity index (χ4v) is 4.41. The second kappa shape index (κ2) is 9.21. The first-order valence-electron chi connectivity index (χ1n) is 9.25. The molecule has 0 aliphatic carbocycles. The summed E-state index contributed by atoms with van der Waals surface area (Å²) in [6.45, 7) is 3.38. The quantitative estimate of drug-likeness (QED) is 0.485. The van der Waals surface area contributed by atoms with Gasteiger partial charge in [0.2, 0.25) is 5.91 Å². The maximum atomic E-state index is 14.2. The highest BCUT2D eigenvalue weighted by Gasteiger charge is 2.64. The molecule has 168 valence electrons. The van der Waals surface area contributed by atoms with Gasteiger partial charge in [0.25, 0.3) is 0 Å². The predicted octanol–water partition coefficient (Wildman–Crippen LogP) is 2.28. The number of alkyl halides is 3. The molecule has 0 saturated heterocycles. The van der Waals surface area contributed by atoms with Crippen LogP contribution in [0.2, 0.25) is 0 Å². The van der Waals surface area contributed by atoms with Crippen molar-refractivity contribution in [1.82, 2.24) is 10.2 Å². The number of anilines is 1. The van der Waals surface area contributed by atoms with Crippen molar-refractivity contribution < 1.29 is 37.0 Å².